The molecule has 1 N–H and O–H groups in total. The Morgan fingerprint density at radius 1 is 1.05 bits per heavy atom. The minimum Gasteiger partial charge on any atom is -0.503 e. The van der Waals surface area contributed by atoms with E-state index in [1.165, 1.54) is 4.90 Å². The SMILES string of the molecule is Cc1cccc(C2C(C(=O)c3cc4cc(Br)ccc4o3)=C(O)C(=O)N2Cc2ccc(C(=O)OC(C)C)cc2)c1. The van der Waals surface area contributed by atoms with Crippen LogP contribution in [0.3, 0.4) is 0 Å². The van der Waals surface area contributed by atoms with E-state index in [1.54, 1.807) is 56.3 Å². The fraction of sp³-hybridized carbons (Fsp3) is 0.194. The summed E-state index contributed by atoms with van der Waals surface area (Å²) >= 11 is 3.42. The molecule has 1 aliphatic heterocycles. The van der Waals surface area contributed by atoms with Crippen molar-refractivity contribution in [1.29, 1.82) is 0 Å². The minimum atomic E-state index is -0.838. The van der Waals surface area contributed by atoms with E-state index in [0.717, 1.165) is 21.0 Å². The molecule has 1 atom stereocenters. The molecule has 5 rings (SSSR count). The molecule has 1 unspecified atom stereocenters. The van der Waals surface area contributed by atoms with Gasteiger partial charge in [0.1, 0.15) is 5.58 Å². The number of halogens is 1. The summed E-state index contributed by atoms with van der Waals surface area (Å²) < 4.78 is 11.9. The van der Waals surface area contributed by atoms with E-state index in [4.69, 9.17) is 9.15 Å². The highest BCUT2D eigenvalue weighted by Crippen LogP contribution is 2.41. The number of ether oxygens (including phenoxy) is 1. The second-order valence-electron chi connectivity index (χ2n) is 9.78. The second kappa shape index (κ2) is 10.5. The molecular weight excluding hydrogens is 562 g/mol. The minimum absolute atomic E-state index is 0.0324. The number of aliphatic hydroxyl groups is 1. The standard InChI is InChI=1S/C31H26BrNO6/c1-17(2)38-31(37)20-9-7-19(8-10-20)16-33-27(21-6-4-5-18(3)13-21)26(29(35)30(33)36)28(34)25-15-22-14-23(32)11-12-24(22)39-25/h4-15,17,27,35H,16H2,1-3H3. The molecule has 39 heavy (non-hydrogen) atoms. The molecule has 0 saturated carbocycles. The molecule has 198 valence electrons. The van der Waals surface area contributed by atoms with E-state index in [0.29, 0.717) is 16.7 Å². The average molecular weight is 588 g/mol. The van der Waals surface area contributed by atoms with Crippen molar-refractivity contribution >= 4 is 44.6 Å². The van der Waals surface area contributed by atoms with Gasteiger partial charge in [-0.25, -0.2) is 4.79 Å². The predicted molar refractivity (Wildman–Crippen MR) is 149 cm³/mol. The van der Waals surface area contributed by atoms with Gasteiger partial charge in [0.15, 0.2) is 11.5 Å². The molecular formula is C31H26BrNO6. The number of nitrogens with zero attached hydrogens (tertiary/aromatic N) is 1. The van der Waals surface area contributed by atoms with Crippen LogP contribution in [0.5, 0.6) is 0 Å². The Hall–Kier alpha value is -4.17. The predicted octanol–water partition coefficient (Wildman–Crippen LogP) is 6.85. The third-order valence-corrected chi connectivity index (χ3v) is 6.99. The van der Waals surface area contributed by atoms with Crippen LogP contribution in [0.2, 0.25) is 0 Å². The number of esters is 1. The van der Waals surface area contributed by atoms with Gasteiger partial charge in [0.05, 0.1) is 23.3 Å². The molecule has 0 bridgehead atoms. The summed E-state index contributed by atoms with van der Waals surface area (Å²) in [6.07, 6.45) is -0.243. The molecule has 8 heteroatoms. The van der Waals surface area contributed by atoms with E-state index < -0.39 is 29.5 Å². The van der Waals surface area contributed by atoms with Crippen LogP contribution in [0.4, 0.5) is 0 Å². The molecule has 2 heterocycles. The van der Waals surface area contributed by atoms with Crippen molar-refractivity contribution in [3.05, 3.63) is 117 Å². The van der Waals surface area contributed by atoms with Gasteiger partial charge in [-0.05, 0) is 68.3 Å². The van der Waals surface area contributed by atoms with Crippen LogP contribution in [0, 0.1) is 6.92 Å². The van der Waals surface area contributed by atoms with Crippen molar-refractivity contribution in [3.63, 3.8) is 0 Å². The highest BCUT2D eigenvalue weighted by Gasteiger charge is 2.44. The summed E-state index contributed by atoms with van der Waals surface area (Å²) in [5.74, 6) is -2.23. The molecule has 0 fully saturated rings. The number of benzene rings is 3. The van der Waals surface area contributed by atoms with Gasteiger partial charge in [0, 0.05) is 16.4 Å². The number of fused-ring (bicyclic) bond motifs is 1. The van der Waals surface area contributed by atoms with Gasteiger partial charge < -0.3 is 19.2 Å². The number of amides is 1. The lowest BCUT2D eigenvalue weighted by Crippen LogP contribution is -2.30. The second-order valence-corrected chi connectivity index (χ2v) is 10.7. The van der Waals surface area contributed by atoms with Gasteiger partial charge in [-0.15, -0.1) is 0 Å². The Morgan fingerprint density at radius 3 is 2.49 bits per heavy atom. The zero-order valence-electron chi connectivity index (χ0n) is 21.6. The first kappa shape index (κ1) is 26.4. The van der Waals surface area contributed by atoms with Gasteiger partial charge in [-0.1, -0.05) is 57.9 Å². The molecule has 0 saturated heterocycles. The molecule has 0 aliphatic carbocycles. The van der Waals surface area contributed by atoms with Crippen molar-refractivity contribution in [3.8, 4) is 0 Å². The Kier molecular flexibility index (Phi) is 7.14. The smallest absolute Gasteiger partial charge is 0.338 e. The number of ketones is 1. The largest absolute Gasteiger partial charge is 0.503 e. The summed E-state index contributed by atoms with van der Waals surface area (Å²) in [6, 6.07) is 20.3. The lowest BCUT2D eigenvalue weighted by molar-refractivity contribution is -0.130. The van der Waals surface area contributed by atoms with E-state index >= 15 is 0 Å². The van der Waals surface area contributed by atoms with Gasteiger partial charge in [-0.3, -0.25) is 9.59 Å². The van der Waals surface area contributed by atoms with Crippen LogP contribution in [-0.2, 0) is 16.1 Å². The van der Waals surface area contributed by atoms with Crippen LogP contribution in [0.1, 0.15) is 57.5 Å². The lowest BCUT2D eigenvalue weighted by atomic mass is 9.94. The van der Waals surface area contributed by atoms with Crippen LogP contribution in [-0.4, -0.2) is 33.8 Å². The molecule has 0 spiro atoms. The lowest BCUT2D eigenvalue weighted by Gasteiger charge is -2.27. The first-order valence-electron chi connectivity index (χ1n) is 12.5. The van der Waals surface area contributed by atoms with E-state index in [1.807, 2.05) is 37.3 Å². The number of Topliss-reactive ketones (excluding diaryl/α,β-unsaturated/α-hetero) is 1. The number of aliphatic hydroxyl groups excluding tert-OH is 1. The third kappa shape index (κ3) is 5.25. The number of hydrogen-bond acceptors (Lipinski definition) is 6. The van der Waals surface area contributed by atoms with Crippen LogP contribution in [0.15, 0.2) is 93.0 Å². The normalized spacial score (nSPS) is 15.5. The van der Waals surface area contributed by atoms with Gasteiger partial charge in [0.2, 0.25) is 5.78 Å². The summed E-state index contributed by atoms with van der Waals surface area (Å²) in [6.45, 7) is 5.57. The maximum Gasteiger partial charge on any atom is 0.338 e. The molecule has 3 aromatic carbocycles. The number of aryl methyl sites for hydroxylation is 1. The van der Waals surface area contributed by atoms with Crippen LogP contribution in [0.25, 0.3) is 11.0 Å². The fourth-order valence-electron chi connectivity index (χ4n) is 4.72. The number of carbonyl (C=O) groups excluding carboxylic acids is 3. The first-order chi connectivity index (χ1) is 18.6. The Bertz CT molecular complexity index is 1630. The Morgan fingerprint density at radius 2 is 1.79 bits per heavy atom. The zero-order chi connectivity index (χ0) is 27.8. The Balaban J connectivity index is 1.51. The first-order valence-corrected chi connectivity index (χ1v) is 13.3. The maximum atomic E-state index is 13.8. The summed E-state index contributed by atoms with van der Waals surface area (Å²) in [5.41, 5.74) is 3.22. The van der Waals surface area contributed by atoms with E-state index in [-0.39, 0.29) is 24.0 Å². The van der Waals surface area contributed by atoms with E-state index in [2.05, 4.69) is 15.9 Å². The molecule has 1 amide bonds. The van der Waals surface area contributed by atoms with Crippen LogP contribution < -0.4 is 0 Å². The highest BCUT2D eigenvalue weighted by atomic mass is 79.9. The van der Waals surface area contributed by atoms with E-state index in [9.17, 15) is 19.5 Å². The average Bonchev–Trinajstić information content (AvgIpc) is 3.42. The molecule has 1 aliphatic rings. The summed E-state index contributed by atoms with van der Waals surface area (Å²) in [5, 5.41) is 11.7. The maximum absolute atomic E-state index is 13.8. The van der Waals surface area contributed by atoms with Crippen molar-refractivity contribution in [2.45, 2.75) is 39.5 Å². The molecule has 4 aromatic rings. The molecule has 1 aromatic heterocycles. The van der Waals surface area contributed by atoms with Crippen LogP contribution >= 0.6 is 15.9 Å². The fourth-order valence-corrected chi connectivity index (χ4v) is 5.10. The van der Waals surface area contributed by atoms with Gasteiger partial charge in [-0.2, -0.15) is 0 Å². The van der Waals surface area contributed by atoms with Crippen molar-refractivity contribution in [2.75, 3.05) is 0 Å². The topological polar surface area (TPSA) is 97.0 Å². The Labute approximate surface area is 233 Å². The number of carbonyl (C=O) groups is 3. The number of furan rings is 1. The number of hydrogen-bond donors (Lipinski definition) is 1. The number of rotatable bonds is 7. The van der Waals surface area contributed by atoms with Crippen molar-refractivity contribution in [1.82, 2.24) is 4.90 Å². The van der Waals surface area contributed by atoms with Crippen molar-refractivity contribution < 1.29 is 28.6 Å². The summed E-state index contributed by atoms with van der Waals surface area (Å²) in [4.78, 5) is 40.9. The molecule has 0 radical (unpaired) electrons. The zero-order valence-corrected chi connectivity index (χ0v) is 23.2. The molecule has 7 nitrogen and oxygen atoms in total. The van der Waals surface area contributed by atoms with Gasteiger partial charge >= 0.3 is 5.97 Å². The monoisotopic (exact) mass is 587 g/mol. The third-order valence-electron chi connectivity index (χ3n) is 6.49. The summed E-state index contributed by atoms with van der Waals surface area (Å²) in [7, 11) is 0. The van der Waals surface area contributed by atoms with Crippen molar-refractivity contribution in [2.24, 2.45) is 0 Å². The highest BCUT2D eigenvalue weighted by molar-refractivity contribution is 9.10. The quantitative estimate of drug-likeness (QED) is 0.188. The van der Waals surface area contributed by atoms with Gasteiger partial charge in [0.25, 0.3) is 5.91 Å².